The summed E-state index contributed by atoms with van der Waals surface area (Å²) in [5, 5.41) is 3.73. The molecule has 0 aliphatic rings. The molecule has 0 amide bonds. The summed E-state index contributed by atoms with van der Waals surface area (Å²) in [6.45, 7) is 9.96. The van der Waals surface area contributed by atoms with E-state index in [1.54, 1.807) is 0 Å². The summed E-state index contributed by atoms with van der Waals surface area (Å²) in [6.07, 6.45) is 1.16. The van der Waals surface area contributed by atoms with Gasteiger partial charge in [-0.05, 0) is 49.1 Å². The molecular weight excluding hydrogens is 254 g/mol. The van der Waals surface area contributed by atoms with E-state index in [0.717, 1.165) is 13.0 Å². The predicted octanol–water partition coefficient (Wildman–Crippen LogP) is 5.15. The fraction of sp³-hybridized carbons (Fsp3) is 0.400. The maximum absolute atomic E-state index is 3.73. The van der Waals surface area contributed by atoms with Gasteiger partial charge in [-0.25, -0.2) is 0 Å². The summed E-state index contributed by atoms with van der Waals surface area (Å²) in [5.74, 6) is 0.458. The first-order chi connectivity index (χ1) is 10.1. The molecule has 0 heterocycles. The zero-order chi connectivity index (χ0) is 15.2. The molecule has 1 heteroatoms. The van der Waals surface area contributed by atoms with Crippen LogP contribution in [0.2, 0.25) is 0 Å². The molecule has 2 rings (SSSR count). The van der Waals surface area contributed by atoms with Crippen LogP contribution >= 0.6 is 0 Å². The van der Waals surface area contributed by atoms with E-state index in [-0.39, 0.29) is 0 Å². The van der Waals surface area contributed by atoms with Gasteiger partial charge in [0.05, 0.1) is 0 Å². The smallest absolute Gasteiger partial charge is 0.0386 e. The van der Waals surface area contributed by atoms with Gasteiger partial charge in [-0.2, -0.15) is 0 Å². The van der Waals surface area contributed by atoms with Gasteiger partial charge in [0.25, 0.3) is 0 Å². The Kier molecular flexibility index (Phi) is 5.58. The lowest BCUT2D eigenvalue weighted by Crippen LogP contribution is -2.26. The van der Waals surface area contributed by atoms with Gasteiger partial charge in [-0.15, -0.1) is 0 Å². The quantitative estimate of drug-likeness (QED) is 0.772. The summed E-state index contributed by atoms with van der Waals surface area (Å²) in [5.41, 5.74) is 5.52. The van der Waals surface area contributed by atoms with Crippen molar-refractivity contribution >= 4 is 0 Å². The number of nitrogens with one attached hydrogen (secondary N) is 1. The highest BCUT2D eigenvalue weighted by Crippen LogP contribution is 2.31. The van der Waals surface area contributed by atoms with E-state index in [9.17, 15) is 0 Å². The highest BCUT2D eigenvalue weighted by atomic mass is 14.9. The van der Waals surface area contributed by atoms with Gasteiger partial charge >= 0.3 is 0 Å². The zero-order valence-electron chi connectivity index (χ0n) is 13.7. The van der Waals surface area contributed by atoms with Crippen LogP contribution in [0.4, 0.5) is 0 Å². The molecule has 0 spiro atoms. The standard InChI is InChI=1S/C20H27N/c1-5-13-21-20(17(4)18-9-7-6-8-10-18)19-12-11-15(2)16(3)14-19/h6-12,14,17,20-21H,5,13H2,1-4H3. The van der Waals surface area contributed by atoms with Crippen LogP contribution in [0.5, 0.6) is 0 Å². The second-order valence-corrected chi connectivity index (χ2v) is 5.97. The van der Waals surface area contributed by atoms with E-state index in [4.69, 9.17) is 0 Å². The Morgan fingerprint density at radius 2 is 1.62 bits per heavy atom. The Balaban J connectivity index is 2.31. The van der Waals surface area contributed by atoms with Crippen LogP contribution in [0.1, 0.15) is 54.5 Å². The minimum Gasteiger partial charge on any atom is -0.309 e. The molecule has 2 unspecified atom stereocenters. The molecule has 0 bridgehead atoms. The molecular formula is C20H27N. The molecule has 1 N–H and O–H groups in total. The Hall–Kier alpha value is -1.60. The molecule has 2 aromatic carbocycles. The van der Waals surface area contributed by atoms with Gasteiger partial charge in [0.2, 0.25) is 0 Å². The second-order valence-electron chi connectivity index (χ2n) is 5.97. The van der Waals surface area contributed by atoms with Crippen molar-refractivity contribution < 1.29 is 0 Å². The van der Waals surface area contributed by atoms with Crippen LogP contribution in [0, 0.1) is 13.8 Å². The molecule has 0 aromatic heterocycles. The molecule has 0 radical (unpaired) electrons. The molecule has 0 saturated heterocycles. The predicted molar refractivity (Wildman–Crippen MR) is 91.8 cm³/mol. The first-order valence-corrected chi connectivity index (χ1v) is 7.99. The third-order valence-corrected chi connectivity index (χ3v) is 4.33. The maximum Gasteiger partial charge on any atom is 0.0386 e. The second kappa shape index (κ2) is 7.42. The molecule has 0 aliphatic heterocycles. The van der Waals surface area contributed by atoms with Gasteiger partial charge in [-0.3, -0.25) is 0 Å². The van der Waals surface area contributed by atoms with Gasteiger partial charge in [0.15, 0.2) is 0 Å². The normalized spacial score (nSPS) is 13.9. The highest BCUT2D eigenvalue weighted by Gasteiger charge is 2.20. The number of rotatable bonds is 6. The number of hydrogen-bond acceptors (Lipinski definition) is 1. The largest absolute Gasteiger partial charge is 0.309 e. The Bertz CT molecular complexity index is 559. The van der Waals surface area contributed by atoms with Crippen molar-refractivity contribution in [2.75, 3.05) is 6.54 Å². The molecule has 1 nitrogen and oxygen atoms in total. The summed E-state index contributed by atoms with van der Waals surface area (Å²) < 4.78 is 0. The van der Waals surface area contributed by atoms with Crippen molar-refractivity contribution in [3.8, 4) is 0 Å². The summed E-state index contributed by atoms with van der Waals surface area (Å²) in [6, 6.07) is 18.0. The lowest BCUT2D eigenvalue weighted by atomic mass is 9.87. The van der Waals surface area contributed by atoms with Crippen molar-refractivity contribution in [1.82, 2.24) is 5.32 Å². The van der Waals surface area contributed by atoms with E-state index < -0.39 is 0 Å². The van der Waals surface area contributed by atoms with E-state index >= 15 is 0 Å². The lowest BCUT2D eigenvalue weighted by molar-refractivity contribution is 0.466. The first kappa shape index (κ1) is 15.8. The van der Waals surface area contributed by atoms with Crippen LogP contribution in [0.15, 0.2) is 48.5 Å². The first-order valence-electron chi connectivity index (χ1n) is 7.99. The molecule has 2 aromatic rings. The van der Waals surface area contributed by atoms with E-state index in [2.05, 4.69) is 81.5 Å². The molecule has 0 fully saturated rings. The van der Waals surface area contributed by atoms with E-state index in [1.165, 1.54) is 22.3 Å². The SMILES string of the molecule is CCCNC(c1ccc(C)c(C)c1)C(C)c1ccccc1. The van der Waals surface area contributed by atoms with Crippen molar-refractivity contribution in [2.45, 2.75) is 46.1 Å². The van der Waals surface area contributed by atoms with Gasteiger partial charge in [-0.1, -0.05) is 62.4 Å². The average Bonchev–Trinajstić information content (AvgIpc) is 2.51. The molecule has 2 atom stereocenters. The summed E-state index contributed by atoms with van der Waals surface area (Å²) in [7, 11) is 0. The fourth-order valence-corrected chi connectivity index (χ4v) is 2.79. The summed E-state index contributed by atoms with van der Waals surface area (Å²) in [4.78, 5) is 0. The average molecular weight is 281 g/mol. The highest BCUT2D eigenvalue weighted by molar-refractivity contribution is 5.34. The Morgan fingerprint density at radius 1 is 0.905 bits per heavy atom. The Morgan fingerprint density at radius 3 is 2.24 bits per heavy atom. The van der Waals surface area contributed by atoms with Crippen molar-refractivity contribution in [3.63, 3.8) is 0 Å². The van der Waals surface area contributed by atoms with Crippen molar-refractivity contribution in [3.05, 3.63) is 70.8 Å². The minimum absolute atomic E-state index is 0.367. The zero-order valence-corrected chi connectivity index (χ0v) is 13.7. The van der Waals surface area contributed by atoms with Crippen molar-refractivity contribution in [2.24, 2.45) is 0 Å². The maximum atomic E-state index is 3.73. The van der Waals surface area contributed by atoms with Crippen LogP contribution in [0.3, 0.4) is 0 Å². The van der Waals surface area contributed by atoms with Crippen molar-refractivity contribution in [1.29, 1.82) is 0 Å². The monoisotopic (exact) mass is 281 g/mol. The van der Waals surface area contributed by atoms with Crippen LogP contribution in [-0.2, 0) is 0 Å². The van der Waals surface area contributed by atoms with E-state index in [0.29, 0.717) is 12.0 Å². The van der Waals surface area contributed by atoms with Gasteiger partial charge < -0.3 is 5.32 Å². The van der Waals surface area contributed by atoms with Gasteiger partial charge in [0, 0.05) is 12.0 Å². The number of benzene rings is 2. The van der Waals surface area contributed by atoms with Crippen LogP contribution in [0.25, 0.3) is 0 Å². The molecule has 0 aliphatic carbocycles. The van der Waals surface area contributed by atoms with E-state index in [1.807, 2.05) is 0 Å². The number of hydrogen-bond donors (Lipinski definition) is 1. The lowest BCUT2D eigenvalue weighted by Gasteiger charge is -2.27. The van der Waals surface area contributed by atoms with Gasteiger partial charge in [0.1, 0.15) is 0 Å². The molecule has 112 valence electrons. The van der Waals surface area contributed by atoms with Crippen LogP contribution < -0.4 is 5.32 Å². The third-order valence-electron chi connectivity index (χ3n) is 4.33. The topological polar surface area (TPSA) is 12.0 Å². The number of aryl methyl sites for hydroxylation is 2. The third kappa shape index (κ3) is 3.95. The minimum atomic E-state index is 0.367. The Labute approximate surface area is 129 Å². The molecule has 21 heavy (non-hydrogen) atoms. The molecule has 0 saturated carbocycles. The summed E-state index contributed by atoms with van der Waals surface area (Å²) >= 11 is 0. The fourth-order valence-electron chi connectivity index (χ4n) is 2.79. The van der Waals surface area contributed by atoms with Crippen LogP contribution in [-0.4, -0.2) is 6.54 Å².